The van der Waals surface area contributed by atoms with E-state index in [0.29, 0.717) is 25.2 Å². The lowest BCUT2D eigenvalue weighted by Crippen LogP contribution is -2.54. The van der Waals surface area contributed by atoms with Gasteiger partial charge in [-0.3, -0.25) is 19.9 Å². The van der Waals surface area contributed by atoms with Crippen molar-refractivity contribution in [2.24, 2.45) is 11.7 Å². The number of hydrogen-bond donors (Lipinski definition) is 4. The van der Waals surface area contributed by atoms with E-state index in [1.807, 2.05) is 47.5 Å². The van der Waals surface area contributed by atoms with Crippen molar-refractivity contribution in [1.29, 1.82) is 0 Å². The van der Waals surface area contributed by atoms with Crippen molar-refractivity contribution in [2.75, 3.05) is 39.3 Å². The number of carbonyl (C=O) groups excluding carboxylic acids is 3. The average Bonchev–Trinajstić information content (AvgIpc) is 2.96. The molecule has 0 spiro atoms. The van der Waals surface area contributed by atoms with Gasteiger partial charge >= 0.3 is 6.09 Å². The summed E-state index contributed by atoms with van der Waals surface area (Å²) in [5, 5.41) is 13.8. The highest BCUT2D eigenvalue weighted by Crippen LogP contribution is 2.38. The van der Waals surface area contributed by atoms with Gasteiger partial charge in [0.1, 0.15) is 12.6 Å². The molecule has 4 rings (SSSR count). The highest BCUT2D eigenvalue weighted by atomic mass is 16.6. The SMILES string of the molecule is NC(=O)[C@@H](NC(=O)[C@@H]1CCCC[C@H]1c1ccc(COC(=O)NN2CCN(CCO)CC2)cc1)c1ccccc1. The lowest BCUT2D eigenvalue weighted by Gasteiger charge is -2.33. The van der Waals surface area contributed by atoms with E-state index < -0.39 is 18.0 Å². The predicted molar refractivity (Wildman–Crippen MR) is 146 cm³/mol. The molecule has 10 nitrogen and oxygen atoms in total. The number of rotatable bonds is 10. The van der Waals surface area contributed by atoms with Crippen LogP contribution in [-0.2, 0) is 20.9 Å². The Bertz CT molecular complexity index is 1090. The lowest BCUT2D eigenvalue weighted by molar-refractivity contribution is -0.131. The molecule has 0 radical (unpaired) electrons. The number of carbonyl (C=O) groups is 3. The molecular weight excluding hydrogens is 498 g/mol. The van der Waals surface area contributed by atoms with Gasteiger partial charge in [-0.05, 0) is 35.4 Å². The first-order valence-electron chi connectivity index (χ1n) is 13.7. The zero-order chi connectivity index (χ0) is 27.6. The molecule has 3 amide bonds. The molecule has 5 N–H and O–H groups in total. The maximum absolute atomic E-state index is 13.3. The Morgan fingerprint density at radius 1 is 0.974 bits per heavy atom. The fourth-order valence-corrected chi connectivity index (χ4v) is 5.45. The summed E-state index contributed by atoms with van der Waals surface area (Å²) < 4.78 is 5.40. The molecule has 0 bridgehead atoms. The number of amides is 3. The zero-order valence-corrected chi connectivity index (χ0v) is 22.3. The Kier molecular flexibility index (Phi) is 10.3. The third-order valence-corrected chi connectivity index (χ3v) is 7.62. The molecule has 1 aliphatic carbocycles. The van der Waals surface area contributed by atoms with Crippen molar-refractivity contribution >= 4 is 17.9 Å². The number of nitrogens with one attached hydrogen (secondary N) is 2. The summed E-state index contributed by atoms with van der Waals surface area (Å²) in [5.41, 5.74) is 11.0. The topological polar surface area (TPSA) is 137 Å². The molecule has 0 unspecified atom stereocenters. The summed E-state index contributed by atoms with van der Waals surface area (Å²) >= 11 is 0. The van der Waals surface area contributed by atoms with Crippen LogP contribution in [0.2, 0.25) is 0 Å². The van der Waals surface area contributed by atoms with E-state index in [1.165, 1.54) is 0 Å². The second kappa shape index (κ2) is 14.1. The number of primary amides is 1. The van der Waals surface area contributed by atoms with Crippen LogP contribution >= 0.6 is 0 Å². The molecule has 210 valence electrons. The standard InChI is InChI=1S/C29H39N5O5/c30-27(36)26(23-6-2-1-3-7-23)31-28(37)25-9-5-4-8-24(25)22-12-10-21(11-13-22)20-39-29(38)32-34-16-14-33(15-17-34)18-19-35/h1-3,6-7,10-13,24-26,35H,4-5,8-9,14-20H2,(H2,30,36)(H,31,37)(H,32,38)/t24-,25+,26-/m0/s1. The van der Waals surface area contributed by atoms with Crippen molar-refractivity contribution in [1.82, 2.24) is 20.7 Å². The normalized spacial score (nSPS) is 21.1. The number of nitrogens with zero attached hydrogens (tertiary/aromatic N) is 2. The molecule has 1 saturated carbocycles. The third-order valence-electron chi connectivity index (χ3n) is 7.62. The van der Waals surface area contributed by atoms with Gasteiger partial charge in [0, 0.05) is 38.6 Å². The number of β-amino-alcohol motifs (C(OH)–C–C–N with tert-alkyl or cyclic N) is 1. The Hall–Kier alpha value is -3.47. The van der Waals surface area contributed by atoms with Gasteiger partial charge in [-0.2, -0.15) is 0 Å². The largest absolute Gasteiger partial charge is 0.444 e. The maximum atomic E-state index is 13.3. The van der Waals surface area contributed by atoms with Gasteiger partial charge in [0.05, 0.1) is 6.61 Å². The van der Waals surface area contributed by atoms with Crippen molar-refractivity contribution in [3.8, 4) is 0 Å². The molecule has 0 aromatic heterocycles. The van der Waals surface area contributed by atoms with Crippen LogP contribution < -0.4 is 16.5 Å². The number of piperazine rings is 1. The first-order chi connectivity index (χ1) is 18.9. The van der Waals surface area contributed by atoms with Crippen LogP contribution in [-0.4, -0.2) is 72.3 Å². The number of hydrogen-bond acceptors (Lipinski definition) is 7. The fraction of sp³-hybridized carbons (Fsp3) is 0.483. The number of ether oxygens (including phenoxy) is 1. The number of benzene rings is 2. The molecule has 1 heterocycles. The van der Waals surface area contributed by atoms with Crippen LogP contribution in [0, 0.1) is 5.92 Å². The van der Waals surface area contributed by atoms with Gasteiger partial charge in [0.25, 0.3) is 0 Å². The molecular formula is C29H39N5O5. The molecule has 1 saturated heterocycles. The summed E-state index contributed by atoms with van der Waals surface area (Å²) in [6.45, 7) is 3.81. The van der Waals surface area contributed by atoms with Gasteiger partial charge in [0.15, 0.2) is 0 Å². The van der Waals surface area contributed by atoms with Crippen LogP contribution in [0.15, 0.2) is 54.6 Å². The molecule has 10 heteroatoms. The van der Waals surface area contributed by atoms with E-state index in [-0.39, 0.29) is 31.0 Å². The molecule has 1 aliphatic heterocycles. The highest BCUT2D eigenvalue weighted by molar-refractivity contribution is 5.89. The van der Waals surface area contributed by atoms with Gasteiger partial charge in [-0.25, -0.2) is 9.80 Å². The van der Waals surface area contributed by atoms with Gasteiger partial charge < -0.3 is 20.9 Å². The summed E-state index contributed by atoms with van der Waals surface area (Å²) in [6.07, 6.45) is 3.12. The molecule has 2 aliphatic rings. The number of hydrazine groups is 1. The van der Waals surface area contributed by atoms with E-state index >= 15 is 0 Å². The predicted octanol–water partition coefficient (Wildman–Crippen LogP) is 2.05. The van der Waals surface area contributed by atoms with Crippen LogP contribution in [0.5, 0.6) is 0 Å². The Balaban J connectivity index is 1.30. The molecule has 39 heavy (non-hydrogen) atoms. The van der Waals surface area contributed by atoms with Gasteiger partial charge in [-0.15, -0.1) is 0 Å². The minimum absolute atomic E-state index is 0.0332. The van der Waals surface area contributed by atoms with Crippen LogP contribution in [0.3, 0.4) is 0 Å². The minimum atomic E-state index is -0.864. The Labute approximate surface area is 229 Å². The van der Waals surface area contributed by atoms with E-state index in [1.54, 1.807) is 12.1 Å². The Morgan fingerprint density at radius 3 is 2.33 bits per heavy atom. The van der Waals surface area contributed by atoms with Crippen molar-refractivity contribution in [2.45, 2.75) is 44.2 Å². The first-order valence-corrected chi connectivity index (χ1v) is 13.7. The average molecular weight is 538 g/mol. The Morgan fingerprint density at radius 2 is 1.67 bits per heavy atom. The van der Waals surface area contributed by atoms with E-state index in [0.717, 1.165) is 49.9 Å². The maximum Gasteiger partial charge on any atom is 0.422 e. The lowest BCUT2D eigenvalue weighted by atomic mass is 9.74. The van der Waals surface area contributed by atoms with Gasteiger partial charge in [0.2, 0.25) is 11.8 Å². The van der Waals surface area contributed by atoms with E-state index in [9.17, 15) is 14.4 Å². The minimum Gasteiger partial charge on any atom is -0.444 e. The first kappa shape index (κ1) is 28.5. The summed E-state index contributed by atoms with van der Waals surface area (Å²) in [7, 11) is 0. The number of nitrogens with two attached hydrogens (primary N) is 1. The second-order valence-corrected chi connectivity index (χ2v) is 10.2. The fourth-order valence-electron chi connectivity index (χ4n) is 5.45. The quantitative estimate of drug-likeness (QED) is 0.364. The highest BCUT2D eigenvalue weighted by Gasteiger charge is 2.34. The molecule has 2 aromatic carbocycles. The number of aliphatic hydroxyl groups is 1. The summed E-state index contributed by atoms with van der Waals surface area (Å²) in [5.74, 6) is -0.964. The molecule has 3 atom stereocenters. The summed E-state index contributed by atoms with van der Waals surface area (Å²) in [4.78, 5) is 39.8. The monoisotopic (exact) mass is 537 g/mol. The van der Waals surface area contributed by atoms with Crippen LogP contribution in [0.25, 0.3) is 0 Å². The van der Waals surface area contributed by atoms with E-state index in [4.69, 9.17) is 15.6 Å². The number of aliphatic hydroxyl groups excluding tert-OH is 1. The van der Waals surface area contributed by atoms with E-state index in [2.05, 4.69) is 15.6 Å². The summed E-state index contributed by atoms with van der Waals surface area (Å²) in [6, 6.07) is 16.0. The van der Waals surface area contributed by atoms with Crippen LogP contribution in [0.1, 0.15) is 54.3 Å². The van der Waals surface area contributed by atoms with Gasteiger partial charge in [-0.1, -0.05) is 67.4 Å². The second-order valence-electron chi connectivity index (χ2n) is 10.2. The molecule has 2 aromatic rings. The smallest absolute Gasteiger partial charge is 0.422 e. The van der Waals surface area contributed by atoms with Crippen molar-refractivity contribution < 1.29 is 24.2 Å². The third kappa shape index (κ3) is 8.01. The molecule has 2 fully saturated rings. The van der Waals surface area contributed by atoms with Crippen LogP contribution in [0.4, 0.5) is 4.79 Å². The van der Waals surface area contributed by atoms with Crippen molar-refractivity contribution in [3.63, 3.8) is 0 Å². The van der Waals surface area contributed by atoms with Crippen molar-refractivity contribution in [3.05, 3.63) is 71.3 Å². The zero-order valence-electron chi connectivity index (χ0n) is 22.3.